The van der Waals surface area contributed by atoms with Crippen molar-refractivity contribution in [1.82, 2.24) is 5.32 Å². The molecule has 1 aromatic rings. The van der Waals surface area contributed by atoms with Gasteiger partial charge in [0.2, 0.25) is 0 Å². The lowest BCUT2D eigenvalue weighted by Crippen LogP contribution is -2.45. The van der Waals surface area contributed by atoms with E-state index in [1.807, 2.05) is 6.07 Å². The van der Waals surface area contributed by atoms with Gasteiger partial charge in [0.05, 0.1) is 19.3 Å². The quantitative estimate of drug-likeness (QED) is 0.759. The molecule has 2 rings (SSSR count). The summed E-state index contributed by atoms with van der Waals surface area (Å²) >= 11 is 0. The highest BCUT2D eigenvalue weighted by atomic mass is 19.1. The van der Waals surface area contributed by atoms with Crippen LogP contribution in [0.3, 0.4) is 0 Å². The number of benzene rings is 1. The zero-order chi connectivity index (χ0) is 9.10. The van der Waals surface area contributed by atoms with Crippen molar-refractivity contribution in [3.05, 3.63) is 35.6 Å². The summed E-state index contributed by atoms with van der Waals surface area (Å²) in [5.74, 6) is -0.177. The molecule has 0 aromatic heterocycles. The highest BCUT2D eigenvalue weighted by Gasteiger charge is 2.16. The molecule has 0 unspecified atom stereocenters. The zero-order valence-electron chi connectivity index (χ0n) is 7.29. The van der Waals surface area contributed by atoms with Gasteiger partial charge in [-0.25, -0.2) is 4.39 Å². The van der Waals surface area contributed by atoms with E-state index in [4.69, 9.17) is 4.74 Å². The Morgan fingerprint density at radius 3 is 2.92 bits per heavy atom. The smallest absolute Gasteiger partial charge is 0.123 e. The molecule has 1 heterocycles. The van der Waals surface area contributed by atoms with Crippen LogP contribution < -0.4 is 5.32 Å². The summed E-state index contributed by atoms with van der Waals surface area (Å²) in [6, 6.07) is 7.09. The van der Waals surface area contributed by atoms with Crippen LogP contribution in [0.5, 0.6) is 0 Å². The standard InChI is InChI=1S/C10H12FNO/c11-9-3-1-2-8(4-9)5-12-10-6-13-7-10/h1-4,10,12H,5-7H2. The van der Waals surface area contributed by atoms with Crippen LogP contribution in [-0.2, 0) is 11.3 Å². The van der Waals surface area contributed by atoms with Gasteiger partial charge in [-0.15, -0.1) is 0 Å². The van der Waals surface area contributed by atoms with Crippen molar-refractivity contribution in [2.75, 3.05) is 13.2 Å². The van der Waals surface area contributed by atoms with E-state index in [1.165, 1.54) is 6.07 Å². The minimum Gasteiger partial charge on any atom is -0.378 e. The summed E-state index contributed by atoms with van der Waals surface area (Å²) in [7, 11) is 0. The Kier molecular flexibility index (Phi) is 2.57. The first-order chi connectivity index (χ1) is 6.34. The predicted molar refractivity (Wildman–Crippen MR) is 47.8 cm³/mol. The summed E-state index contributed by atoms with van der Waals surface area (Å²) in [6.45, 7) is 2.26. The summed E-state index contributed by atoms with van der Waals surface area (Å²) in [6.07, 6.45) is 0. The molecule has 1 aliphatic rings. The Morgan fingerprint density at radius 1 is 1.46 bits per heavy atom. The van der Waals surface area contributed by atoms with Crippen LogP contribution >= 0.6 is 0 Å². The number of rotatable bonds is 3. The van der Waals surface area contributed by atoms with Crippen molar-refractivity contribution in [3.63, 3.8) is 0 Å². The molecule has 1 aliphatic heterocycles. The van der Waals surface area contributed by atoms with Crippen molar-refractivity contribution in [2.24, 2.45) is 0 Å². The molecule has 0 atom stereocenters. The molecule has 0 saturated carbocycles. The lowest BCUT2D eigenvalue weighted by Gasteiger charge is -2.26. The Labute approximate surface area is 76.7 Å². The van der Waals surface area contributed by atoms with Crippen LogP contribution in [0.2, 0.25) is 0 Å². The van der Waals surface area contributed by atoms with Crippen LogP contribution in [0, 0.1) is 5.82 Å². The van der Waals surface area contributed by atoms with E-state index >= 15 is 0 Å². The molecule has 0 amide bonds. The molecule has 1 fully saturated rings. The molecule has 0 radical (unpaired) electrons. The average molecular weight is 181 g/mol. The molecule has 3 heteroatoms. The van der Waals surface area contributed by atoms with Gasteiger partial charge >= 0.3 is 0 Å². The molecule has 1 aromatic carbocycles. The maximum absolute atomic E-state index is 12.7. The summed E-state index contributed by atoms with van der Waals surface area (Å²) in [4.78, 5) is 0. The van der Waals surface area contributed by atoms with E-state index in [9.17, 15) is 4.39 Å². The first kappa shape index (κ1) is 8.66. The van der Waals surface area contributed by atoms with Gasteiger partial charge in [0.1, 0.15) is 5.82 Å². The predicted octanol–water partition coefficient (Wildman–Crippen LogP) is 1.31. The second-order valence-corrected chi connectivity index (χ2v) is 3.25. The van der Waals surface area contributed by atoms with Crippen LogP contribution in [-0.4, -0.2) is 19.3 Å². The third kappa shape index (κ3) is 2.26. The Morgan fingerprint density at radius 2 is 2.31 bits per heavy atom. The van der Waals surface area contributed by atoms with Gasteiger partial charge in [-0.3, -0.25) is 0 Å². The van der Waals surface area contributed by atoms with Crippen LogP contribution in [0.4, 0.5) is 4.39 Å². The van der Waals surface area contributed by atoms with Crippen molar-refractivity contribution >= 4 is 0 Å². The number of hydrogen-bond donors (Lipinski definition) is 1. The fraction of sp³-hybridized carbons (Fsp3) is 0.400. The lowest BCUT2D eigenvalue weighted by atomic mass is 10.2. The van der Waals surface area contributed by atoms with Crippen molar-refractivity contribution < 1.29 is 9.13 Å². The maximum Gasteiger partial charge on any atom is 0.123 e. The third-order valence-electron chi connectivity index (χ3n) is 2.12. The molecule has 1 N–H and O–H groups in total. The van der Waals surface area contributed by atoms with E-state index < -0.39 is 0 Å². The number of hydrogen-bond acceptors (Lipinski definition) is 2. The SMILES string of the molecule is Fc1cccc(CNC2COC2)c1. The molecular weight excluding hydrogens is 169 g/mol. The van der Waals surface area contributed by atoms with Crippen molar-refractivity contribution in [1.29, 1.82) is 0 Å². The lowest BCUT2D eigenvalue weighted by molar-refractivity contribution is -0.00579. The van der Waals surface area contributed by atoms with Gasteiger partial charge < -0.3 is 10.1 Å². The first-order valence-corrected chi connectivity index (χ1v) is 4.40. The Balaban J connectivity index is 1.86. The van der Waals surface area contributed by atoms with E-state index in [-0.39, 0.29) is 5.82 Å². The molecule has 2 nitrogen and oxygen atoms in total. The van der Waals surface area contributed by atoms with Gasteiger partial charge in [-0.05, 0) is 17.7 Å². The van der Waals surface area contributed by atoms with Crippen LogP contribution in [0.15, 0.2) is 24.3 Å². The van der Waals surface area contributed by atoms with Gasteiger partial charge in [0, 0.05) is 6.54 Å². The first-order valence-electron chi connectivity index (χ1n) is 4.40. The highest BCUT2D eigenvalue weighted by Crippen LogP contribution is 2.05. The second-order valence-electron chi connectivity index (χ2n) is 3.25. The van der Waals surface area contributed by atoms with Crippen LogP contribution in [0.1, 0.15) is 5.56 Å². The normalized spacial score (nSPS) is 17.0. The van der Waals surface area contributed by atoms with Gasteiger partial charge in [-0.2, -0.15) is 0 Å². The number of ether oxygens (including phenoxy) is 1. The van der Waals surface area contributed by atoms with E-state index in [2.05, 4.69) is 5.32 Å². The van der Waals surface area contributed by atoms with Gasteiger partial charge in [-0.1, -0.05) is 12.1 Å². The van der Waals surface area contributed by atoms with Crippen molar-refractivity contribution in [2.45, 2.75) is 12.6 Å². The molecule has 0 aliphatic carbocycles. The summed E-state index contributed by atoms with van der Waals surface area (Å²) in [5.41, 5.74) is 0.979. The monoisotopic (exact) mass is 181 g/mol. The minimum absolute atomic E-state index is 0.177. The Hall–Kier alpha value is -0.930. The fourth-order valence-electron chi connectivity index (χ4n) is 1.26. The summed E-state index contributed by atoms with van der Waals surface area (Å²) < 4.78 is 17.7. The number of halogens is 1. The van der Waals surface area contributed by atoms with Crippen molar-refractivity contribution in [3.8, 4) is 0 Å². The molecular formula is C10H12FNO. The maximum atomic E-state index is 12.7. The molecule has 0 spiro atoms. The molecule has 13 heavy (non-hydrogen) atoms. The van der Waals surface area contributed by atoms with E-state index in [0.717, 1.165) is 18.8 Å². The van der Waals surface area contributed by atoms with E-state index in [1.54, 1.807) is 12.1 Å². The Bertz CT molecular complexity index is 286. The van der Waals surface area contributed by atoms with Gasteiger partial charge in [0.15, 0.2) is 0 Å². The largest absolute Gasteiger partial charge is 0.378 e. The second kappa shape index (κ2) is 3.85. The molecule has 1 saturated heterocycles. The zero-order valence-corrected chi connectivity index (χ0v) is 7.29. The van der Waals surface area contributed by atoms with E-state index in [0.29, 0.717) is 12.6 Å². The van der Waals surface area contributed by atoms with Crippen LogP contribution in [0.25, 0.3) is 0 Å². The fourth-order valence-corrected chi connectivity index (χ4v) is 1.26. The highest BCUT2D eigenvalue weighted by molar-refractivity contribution is 5.16. The number of nitrogens with one attached hydrogen (secondary N) is 1. The average Bonchev–Trinajstić information content (AvgIpc) is 2.01. The van der Waals surface area contributed by atoms with Gasteiger partial charge in [0.25, 0.3) is 0 Å². The molecule has 0 bridgehead atoms. The molecule has 70 valence electrons. The topological polar surface area (TPSA) is 21.3 Å². The summed E-state index contributed by atoms with van der Waals surface area (Å²) in [5, 5.41) is 3.27. The minimum atomic E-state index is -0.177. The third-order valence-corrected chi connectivity index (χ3v) is 2.12.